The monoisotopic (exact) mass is 231 g/mol. The van der Waals surface area contributed by atoms with Gasteiger partial charge in [0.05, 0.1) is 5.75 Å². The van der Waals surface area contributed by atoms with E-state index in [0.717, 1.165) is 0 Å². The van der Waals surface area contributed by atoms with Crippen molar-refractivity contribution in [3.05, 3.63) is 35.9 Å². The molecule has 6 heteroatoms. The third-order valence-corrected chi connectivity index (χ3v) is 2.65. The number of hydrogen-bond acceptors (Lipinski definition) is 4. The van der Waals surface area contributed by atoms with Crippen LogP contribution in [0.1, 0.15) is 5.56 Å². The maximum atomic E-state index is 11.4. The van der Waals surface area contributed by atoms with Crippen LogP contribution in [0, 0.1) is 0 Å². The molecule has 0 atom stereocenters. The Kier molecular flexibility index (Phi) is 4.70. The Balaban J connectivity index is 2.50. The first-order valence-electron chi connectivity index (χ1n) is 4.28. The zero-order valence-corrected chi connectivity index (χ0v) is 9.16. The molecule has 0 spiro atoms. The molecule has 1 aromatic rings. The Morgan fingerprint density at radius 1 is 1.27 bits per heavy atom. The molecule has 1 rings (SSSR count). The van der Waals surface area contributed by atoms with Crippen LogP contribution < -0.4 is 4.89 Å². The fourth-order valence-electron chi connectivity index (χ4n) is 0.996. The van der Waals surface area contributed by atoms with Crippen LogP contribution in [0.2, 0.25) is 0 Å². The molecule has 5 nitrogen and oxygen atoms in total. The van der Waals surface area contributed by atoms with Gasteiger partial charge in [0.25, 0.3) is 0 Å². The highest BCUT2D eigenvalue weighted by Crippen LogP contribution is 2.03. The van der Waals surface area contributed by atoms with Gasteiger partial charge in [-0.15, -0.1) is 0 Å². The number of hydrogen-bond donors (Lipinski definition) is 1. The molecule has 0 aromatic heterocycles. The van der Waals surface area contributed by atoms with Crippen LogP contribution in [0.4, 0.5) is 0 Å². The van der Waals surface area contributed by atoms with Gasteiger partial charge < -0.3 is 4.74 Å². The van der Waals surface area contributed by atoms with Crippen molar-refractivity contribution >= 4 is 10.0 Å². The van der Waals surface area contributed by atoms with E-state index in [2.05, 4.69) is 9.57 Å². The second-order valence-electron chi connectivity index (χ2n) is 2.88. The zero-order chi connectivity index (χ0) is 11.1. The highest BCUT2D eigenvalue weighted by molar-refractivity contribution is 7.88. The molecule has 0 radical (unpaired) electrons. The van der Waals surface area contributed by atoms with Crippen LogP contribution in [0.15, 0.2) is 30.3 Å². The summed E-state index contributed by atoms with van der Waals surface area (Å²) >= 11 is 0. The Bertz CT molecular complexity index is 376. The number of sulfonamides is 1. The van der Waals surface area contributed by atoms with Gasteiger partial charge in [-0.1, -0.05) is 35.2 Å². The van der Waals surface area contributed by atoms with Gasteiger partial charge in [-0.2, -0.15) is 0 Å². The van der Waals surface area contributed by atoms with Crippen molar-refractivity contribution in [3.63, 3.8) is 0 Å². The summed E-state index contributed by atoms with van der Waals surface area (Å²) in [4.78, 5) is 6.52. The topological polar surface area (TPSA) is 64.6 Å². The van der Waals surface area contributed by atoms with Crippen molar-refractivity contribution in [2.75, 3.05) is 13.9 Å². The molecule has 1 aromatic carbocycles. The van der Waals surface area contributed by atoms with E-state index in [-0.39, 0.29) is 12.5 Å². The van der Waals surface area contributed by atoms with Gasteiger partial charge in [-0.25, -0.2) is 8.42 Å². The van der Waals surface area contributed by atoms with Gasteiger partial charge in [-0.05, 0) is 5.56 Å². The molecule has 0 aliphatic carbocycles. The summed E-state index contributed by atoms with van der Waals surface area (Å²) in [5, 5.41) is 0. The van der Waals surface area contributed by atoms with Crippen molar-refractivity contribution in [1.82, 2.24) is 4.89 Å². The van der Waals surface area contributed by atoms with Crippen molar-refractivity contribution in [1.29, 1.82) is 0 Å². The van der Waals surface area contributed by atoms with Crippen molar-refractivity contribution in [2.45, 2.75) is 5.75 Å². The number of benzene rings is 1. The summed E-state index contributed by atoms with van der Waals surface area (Å²) in [5.41, 5.74) is 0.700. The van der Waals surface area contributed by atoms with E-state index < -0.39 is 10.0 Å². The fourth-order valence-corrected chi connectivity index (χ4v) is 1.91. The summed E-state index contributed by atoms with van der Waals surface area (Å²) in [6, 6.07) is 8.85. The maximum Gasteiger partial charge on any atom is 0.237 e. The Labute approximate surface area is 89.0 Å². The average molecular weight is 231 g/mol. The third kappa shape index (κ3) is 4.89. The minimum Gasteiger partial charge on any atom is -0.357 e. The first-order chi connectivity index (χ1) is 7.14. The van der Waals surface area contributed by atoms with Crippen LogP contribution in [0.25, 0.3) is 0 Å². The van der Waals surface area contributed by atoms with E-state index in [0.29, 0.717) is 5.56 Å². The SMILES string of the molecule is COCONS(=O)(=O)Cc1ccccc1. The summed E-state index contributed by atoms with van der Waals surface area (Å²) < 4.78 is 27.3. The van der Waals surface area contributed by atoms with Gasteiger partial charge in [-0.3, -0.25) is 4.84 Å². The quantitative estimate of drug-likeness (QED) is 0.443. The minimum atomic E-state index is -3.46. The minimum absolute atomic E-state index is 0.114. The lowest BCUT2D eigenvalue weighted by Gasteiger charge is -2.05. The number of ether oxygens (including phenoxy) is 1. The summed E-state index contributed by atoms with van der Waals surface area (Å²) in [6.45, 7) is -0.117. The fraction of sp³-hybridized carbons (Fsp3) is 0.333. The lowest BCUT2D eigenvalue weighted by atomic mass is 10.2. The molecule has 0 aliphatic rings. The molecule has 15 heavy (non-hydrogen) atoms. The first kappa shape index (κ1) is 12.1. The Morgan fingerprint density at radius 3 is 2.53 bits per heavy atom. The normalized spacial score (nSPS) is 11.5. The van der Waals surface area contributed by atoms with Crippen molar-refractivity contribution in [3.8, 4) is 0 Å². The van der Waals surface area contributed by atoms with E-state index in [1.807, 2.05) is 11.0 Å². The Hall–Kier alpha value is -0.950. The zero-order valence-electron chi connectivity index (χ0n) is 8.34. The molecular formula is C9H13NO4S. The van der Waals surface area contributed by atoms with Crippen LogP contribution in [0.5, 0.6) is 0 Å². The van der Waals surface area contributed by atoms with Crippen molar-refractivity contribution < 1.29 is 18.0 Å². The van der Waals surface area contributed by atoms with Gasteiger partial charge in [0, 0.05) is 7.11 Å². The van der Waals surface area contributed by atoms with E-state index in [1.54, 1.807) is 24.3 Å². The third-order valence-electron chi connectivity index (χ3n) is 1.56. The smallest absolute Gasteiger partial charge is 0.237 e. The van der Waals surface area contributed by atoms with Gasteiger partial charge in [0.1, 0.15) is 0 Å². The number of nitrogens with one attached hydrogen (secondary N) is 1. The molecule has 0 amide bonds. The predicted molar refractivity (Wildman–Crippen MR) is 55.2 cm³/mol. The largest absolute Gasteiger partial charge is 0.357 e. The van der Waals surface area contributed by atoms with Crippen LogP contribution in [0.3, 0.4) is 0 Å². The number of rotatable bonds is 6. The molecule has 0 saturated carbocycles. The van der Waals surface area contributed by atoms with Gasteiger partial charge >= 0.3 is 0 Å². The molecule has 0 saturated heterocycles. The molecule has 0 unspecified atom stereocenters. The Morgan fingerprint density at radius 2 is 1.93 bits per heavy atom. The summed E-state index contributed by atoms with van der Waals surface area (Å²) in [5.74, 6) is -0.114. The molecule has 0 fully saturated rings. The molecule has 1 N–H and O–H groups in total. The van der Waals surface area contributed by atoms with E-state index in [4.69, 9.17) is 0 Å². The molecule has 84 valence electrons. The predicted octanol–water partition coefficient (Wildman–Crippen LogP) is 0.641. The van der Waals surface area contributed by atoms with E-state index >= 15 is 0 Å². The first-order valence-corrected chi connectivity index (χ1v) is 5.93. The highest BCUT2D eigenvalue weighted by Gasteiger charge is 2.10. The number of methoxy groups -OCH3 is 1. The lowest BCUT2D eigenvalue weighted by molar-refractivity contribution is -0.0541. The van der Waals surface area contributed by atoms with E-state index in [1.165, 1.54) is 7.11 Å². The van der Waals surface area contributed by atoms with Crippen LogP contribution in [-0.2, 0) is 25.4 Å². The molecule has 0 aliphatic heterocycles. The van der Waals surface area contributed by atoms with Crippen LogP contribution >= 0.6 is 0 Å². The highest BCUT2D eigenvalue weighted by atomic mass is 32.2. The second kappa shape index (κ2) is 5.82. The molecular weight excluding hydrogens is 218 g/mol. The lowest BCUT2D eigenvalue weighted by Crippen LogP contribution is -2.26. The molecule has 0 bridgehead atoms. The van der Waals surface area contributed by atoms with Crippen LogP contribution in [-0.4, -0.2) is 22.3 Å². The van der Waals surface area contributed by atoms with E-state index in [9.17, 15) is 8.42 Å². The maximum absolute atomic E-state index is 11.4. The van der Waals surface area contributed by atoms with Crippen molar-refractivity contribution in [2.24, 2.45) is 0 Å². The summed E-state index contributed by atoms with van der Waals surface area (Å²) in [7, 11) is -2.05. The average Bonchev–Trinajstić information content (AvgIpc) is 2.18. The summed E-state index contributed by atoms with van der Waals surface area (Å²) in [6.07, 6.45) is 0. The van der Waals surface area contributed by atoms with Gasteiger partial charge in [0.15, 0.2) is 6.79 Å². The molecule has 0 heterocycles. The standard InChI is InChI=1S/C9H13NO4S/c1-13-8-14-10-15(11,12)7-9-5-3-2-4-6-9/h2-6,10H,7-8H2,1H3. The van der Waals surface area contributed by atoms with Gasteiger partial charge in [0.2, 0.25) is 10.0 Å². The second-order valence-corrected chi connectivity index (χ2v) is 4.56.